The Balaban J connectivity index is 1.90. The first-order valence-corrected chi connectivity index (χ1v) is 7.82. The highest BCUT2D eigenvalue weighted by molar-refractivity contribution is 6.30. The van der Waals surface area contributed by atoms with E-state index >= 15 is 0 Å². The first-order valence-electron chi connectivity index (χ1n) is 7.39. The second kappa shape index (κ2) is 7.49. The molecule has 1 fully saturated rings. The van der Waals surface area contributed by atoms with E-state index in [1.807, 2.05) is 11.0 Å². The fourth-order valence-corrected chi connectivity index (χ4v) is 2.54. The van der Waals surface area contributed by atoms with E-state index in [4.69, 9.17) is 16.3 Å². The summed E-state index contributed by atoms with van der Waals surface area (Å²) >= 11 is 5.75. The average molecular weight is 325 g/mol. The number of amides is 2. The molecule has 1 heterocycles. The Bertz CT molecular complexity index is 540. The van der Waals surface area contributed by atoms with Gasteiger partial charge < -0.3 is 15.0 Å². The minimum Gasteiger partial charge on any atom is -0.497 e. The van der Waals surface area contributed by atoms with E-state index < -0.39 is 5.38 Å². The monoisotopic (exact) mass is 324 g/mol. The molecule has 1 aliphatic rings. The summed E-state index contributed by atoms with van der Waals surface area (Å²) in [4.78, 5) is 25.9. The maximum absolute atomic E-state index is 12.5. The highest BCUT2D eigenvalue weighted by Gasteiger charge is 2.25. The quantitative estimate of drug-likeness (QED) is 0.862. The van der Waals surface area contributed by atoms with Crippen LogP contribution in [-0.2, 0) is 4.79 Å². The Morgan fingerprint density at radius 2 is 2.05 bits per heavy atom. The number of methoxy groups -OCH3 is 1. The minimum atomic E-state index is -0.531. The molecule has 1 aromatic carbocycles. The van der Waals surface area contributed by atoms with Crippen molar-refractivity contribution in [2.24, 2.45) is 0 Å². The summed E-state index contributed by atoms with van der Waals surface area (Å²) in [6.45, 7) is 2.90. The van der Waals surface area contributed by atoms with Crippen molar-refractivity contribution in [1.82, 2.24) is 10.2 Å². The number of rotatable bonds is 4. The topological polar surface area (TPSA) is 58.6 Å². The number of hydrogen-bond donors (Lipinski definition) is 1. The lowest BCUT2D eigenvalue weighted by Crippen LogP contribution is -2.47. The lowest BCUT2D eigenvalue weighted by molar-refractivity contribution is -0.121. The molecule has 1 aliphatic heterocycles. The van der Waals surface area contributed by atoms with Crippen molar-refractivity contribution in [3.05, 3.63) is 29.8 Å². The van der Waals surface area contributed by atoms with Crippen LogP contribution in [0.25, 0.3) is 0 Å². The molecule has 0 aliphatic carbocycles. The van der Waals surface area contributed by atoms with Gasteiger partial charge in [-0.25, -0.2) is 0 Å². The molecule has 2 rings (SSSR count). The maximum Gasteiger partial charge on any atom is 0.253 e. The molecular formula is C16H21ClN2O3. The summed E-state index contributed by atoms with van der Waals surface area (Å²) in [5, 5.41) is 2.38. The van der Waals surface area contributed by atoms with Crippen molar-refractivity contribution in [3.63, 3.8) is 0 Å². The van der Waals surface area contributed by atoms with Gasteiger partial charge in [0.2, 0.25) is 5.91 Å². The van der Waals surface area contributed by atoms with Crippen molar-refractivity contribution in [2.45, 2.75) is 31.2 Å². The number of ether oxygens (including phenoxy) is 1. The summed E-state index contributed by atoms with van der Waals surface area (Å²) in [5.41, 5.74) is 0.621. The number of carbonyl (C=O) groups is 2. The molecular weight excluding hydrogens is 304 g/mol. The zero-order valence-corrected chi connectivity index (χ0v) is 13.6. The van der Waals surface area contributed by atoms with Crippen molar-refractivity contribution in [2.75, 3.05) is 20.2 Å². The molecule has 0 aromatic heterocycles. The summed E-state index contributed by atoms with van der Waals surface area (Å²) in [6.07, 6.45) is 1.48. The molecule has 1 aromatic rings. The van der Waals surface area contributed by atoms with Gasteiger partial charge in [0, 0.05) is 24.7 Å². The molecule has 22 heavy (non-hydrogen) atoms. The Morgan fingerprint density at radius 3 is 2.64 bits per heavy atom. The third-order valence-corrected chi connectivity index (χ3v) is 4.00. The van der Waals surface area contributed by atoms with Gasteiger partial charge >= 0.3 is 0 Å². The van der Waals surface area contributed by atoms with Gasteiger partial charge in [0.1, 0.15) is 11.1 Å². The Labute approximate surface area is 135 Å². The van der Waals surface area contributed by atoms with E-state index in [-0.39, 0.29) is 17.9 Å². The van der Waals surface area contributed by atoms with Gasteiger partial charge in [-0.15, -0.1) is 11.6 Å². The van der Waals surface area contributed by atoms with Crippen LogP contribution in [0.1, 0.15) is 30.1 Å². The SMILES string of the molecule is COc1cccc(C(=O)N2CCC(NC(=O)C(C)Cl)CC2)c1. The molecule has 1 N–H and O–H groups in total. The molecule has 120 valence electrons. The van der Waals surface area contributed by atoms with Gasteiger partial charge in [0.05, 0.1) is 7.11 Å². The molecule has 2 amide bonds. The van der Waals surface area contributed by atoms with Crippen LogP contribution in [0.15, 0.2) is 24.3 Å². The highest BCUT2D eigenvalue weighted by atomic mass is 35.5. The van der Waals surface area contributed by atoms with Gasteiger partial charge in [-0.05, 0) is 38.0 Å². The van der Waals surface area contributed by atoms with E-state index in [0.717, 1.165) is 12.8 Å². The van der Waals surface area contributed by atoms with Gasteiger partial charge in [-0.3, -0.25) is 9.59 Å². The fourth-order valence-electron chi connectivity index (χ4n) is 2.48. The number of likely N-dealkylation sites (tertiary alicyclic amines) is 1. The standard InChI is InChI=1S/C16H21ClN2O3/c1-11(17)15(20)18-13-6-8-19(9-7-13)16(21)12-4-3-5-14(10-12)22-2/h3-5,10-11,13H,6-9H2,1-2H3,(H,18,20). The van der Waals surface area contributed by atoms with Gasteiger partial charge in [-0.2, -0.15) is 0 Å². The number of nitrogens with zero attached hydrogens (tertiary/aromatic N) is 1. The summed E-state index contributed by atoms with van der Waals surface area (Å²) in [7, 11) is 1.58. The summed E-state index contributed by atoms with van der Waals surface area (Å²) in [5.74, 6) is 0.512. The first kappa shape index (κ1) is 16.6. The predicted molar refractivity (Wildman–Crippen MR) is 85.4 cm³/mol. The zero-order chi connectivity index (χ0) is 16.1. The van der Waals surface area contributed by atoms with Crippen molar-refractivity contribution >= 4 is 23.4 Å². The van der Waals surface area contributed by atoms with Crippen molar-refractivity contribution < 1.29 is 14.3 Å². The lowest BCUT2D eigenvalue weighted by atomic mass is 10.0. The van der Waals surface area contributed by atoms with E-state index in [1.54, 1.807) is 32.2 Å². The molecule has 6 heteroatoms. The van der Waals surface area contributed by atoms with E-state index in [0.29, 0.717) is 24.4 Å². The second-order valence-corrected chi connectivity index (χ2v) is 6.08. The van der Waals surface area contributed by atoms with Gasteiger partial charge in [0.25, 0.3) is 5.91 Å². The second-order valence-electron chi connectivity index (χ2n) is 5.42. The Morgan fingerprint density at radius 1 is 1.36 bits per heavy atom. The van der Waals surface area contributed by atoms with E-state index in [2.05, 4.69) is 5.32 Å². The third-order valence-electron chi connectivity index (χ3n) is 3.81. The lowest BCUT2D eigenvalue weighted by Gasteiger charge is -2.32. The van der Waals surface area contributed by atoms with Crippen molar-refractivity contribution in [3.8, 4) is 5.75 Å². The van der Waals surface area contributed by atoms with E-state index in [1.165, 1.54) is 0 Å². The molecule has 0 spiro atoms. The van der Waals surface area contributed by atoms with E-state index in [9.17, 15) is 9.59 Å². The summed E-state index contributed by atoms with van der Waals surface area (Å²) in [6, 6.07) is 7.23. The minimum absolute atomic E-state index is 0.00520. The Hall–Kier alpha value is -1.75. The van der Waals surface area contributed by atoms with Crippen LogP contribution in [0.5, 0.6) is 5.75 Å². The van der Waals surface area contributed by atoms with Crippen LogP contribution in [-0.4, -0.2) is 48.3 Å². The van der Waals surface area contributed by atoms with Crippen LogP contribution in [0.4, 0.5) is 0 Å². The van der Waals surface area contributed by atoms with Crippen LogP contribution in [0.3, 0.4) is 0 Å². The first-order chi connectivity index (χ1) is 10.5. The van der Waals surface area contributed by atoms with Gasteiger partial charge in [-0.1, -0.05) is 6.07 Å². The predicted octanol–water partition coefficient (Wildman–Crippen LogP) is 2.04. The molecule has 0 bridgehead atoms. The number of hydrogen-bond acceptors (Lipinski definition) is 3. The zero-order valence-electron chi connectivity index (χ0n) is 12.8. The largest absolute Gasteiger partial charge is 0.497 e. The molecule has 5 nitrogen and oxygen atoms in total. The third kappa shape index (κ3) is 4.13. The van der Waals surface area contributed by atoms with Crippen LogP contribution in [0, 0.1) is 0 Å². The average Bonchev–Trinajstić information content (AvgIpc) is 2.54. The van der Waals surface area contributed by atoms with Crippen LogP contribution >= 0.6 is 11.6 Å². The number of piperidine rings is 1. The molecule has 0 radical (unpaired) electrons. The summed E-state index contributed by atoms with van der Waals surface area (Å²) < 4.78 is 5.14. The normalized spacial score (nSPS) is 17.0. The number of nitrogens with one attached hydrogen (secondary N) is 1. The molecule has 0 saturated carbocycles. The Kier molecular flexibility index (Phi) is 5.66. The highest BCUT2D eigenvalue weighted by Crippen LogP contribution is 2.18. The van der Waals surface area contributed by atoms with Crippen molar-refractivity contribution in [1.29, 1.82) is 0 Å². The molecule has 1 unspecified atom stereocenters. The van der Waals surface area contributed by atoms with Crippen LogP contribution < -0.4 is 10.1 Å². The number of halogens is 1. The smallest absolute Gasteiger partial charge is 0.253 e. The molecule has 1 atom stereocenters. The fraction of sp³-hybridized carbons (Fsp3) is 0.500. The molecule has 1 saturated heterocycles. The van der Waals surface area contributed by atoms with Crippen LogP contribution in [0.2, 0.25) is 0 Å². The van der Waals surface area contributed by atoms with Gasteiger partial charge in [0.15, 0.2) is 0 Å². The maximum atomic E-state index is 12.5. The number of alkyl halides is 1. The number of carbonyl (C=O) groups excluding carboxylic acids is 2. The number of benzene rings is 1.